The fourth-order valence-electron chi connectivity index (χ4n) is 7.93. The van der Waals surface area contributed by atoms with E-state index in [9.17, 15) is 28.8 Å². The van der Waals surface area contributed by atoms with Crippen molar-refractivity contribution in [1.82, 2.24) is 19.1 Å². The number of aromatic nitrogens is 4. The van der Waals surface area contributed by atoms with Crippen LogP contribution >= 0.6 is 7.82 Å². The van der Waals surface area contributed by atoms with E-state index >= 15 is 0 Å². The number of aryl methyl sites for hydroxylation is 2. The van der Waals surface area contributed by atoms with Crippen LogP contribution in [0.4, 0.5) is 0 Å². The highest BCUT2D eigenvalue weighted by Gasteiger charge is 2.56. The summed E-state index contributed by atoms with van der Waals surface area (Å²) in [4.78, 5) is 54.6. The summed E-state index contributed by atoms with van der Waals surface area (Å²) in [6.45, 7) is 1.99. The molecule has 2 aromatic heterocycles. The molecular weight excluding hydrogens is 815 g/mol. The summed E-state index contributed by atoms with van der Waals surface area (Å²) < 4.78 is 65.1. The maximum Gasteiger partial charge on any atom is 0.475 e. The smallest absolute Gasteiger partial charge is 0.475 e. The Morgan fingerprint density at radius 3 is 1.79 bits per heavy atom. The van der Waals surface area contributed by atoms with Gasteiger partial charge in [-0.3, -0.25) is 42.3 Å². The second kappa shape index (κ2) is 16.8. The summed E-state index contributed by atoms with van der Waals surface area (Å²) in [5.41, 5.74) is -2.64. The number of benzene rings is 3. The van der Waals surface area contributed by atoms with Gasteiger partial charge in [0.1, 0.15) is 47.4 Å². The maximum atomic E-state index is 14.3. The molecule has 3 fully saturated rings. The average Bonchev–Trinajstić information content (AvgIpc) is 3.81. The first-order valence-electron chi connectivity index (χ1n) is 19.5. The summed E-state index contributed by atoms with van der Waals surface area (Å²) in [5, 5.41) is 11.2. The molecule has 0 amide bonds. The number of nitrogens with one attached hydrogen (secondary N) is 2. The molecule has 5 atom stereocenters. The fraction of sp³-hybridized carbons (Fsp3) is 0.381. The molecule has 61 heavy (non-hydrogen) atoms. The number of phosphoric acid groups is 1. The van der Waals surface area contributed by atoms with Gasteiger partial charge in [0.2, 0.25) is 0 Å². The molecule has 3 aliphatic heterocycles. The highest BCUT2D eigenvalue weighted by molar-refractivity contribution is 7.48. The number of rotatable bonds is 12. The van der Waals surface area contributed by atoms with E-state index in [0.717, 1.165) is 21.3 Å². The molecule has 3 N–H and O–H groups in total. The lowest BCUT2D eigenvalue weighted by Gasteiger charge is -2.39. The number of aliphatic hydroxyl groups is 1. The molecule has 0 saturated carbocycles. The van der Waals surface area contributed by atoms with E-state index in [4.69, 9.17) is 37.3 Å². The van der Waals surface area contributed by atoms with Crippen molar-refractivity contribution in [2.24, 2.45) is 0 Å². The van der Waals surface area contributed by atoms with E-state index in [1.54, 1.807) is 21.1 Å². The van der Waals surface area contributed by atoms with Crippen molar-refractivity contribution < 1.29 is 46.9 Å². The van der Waals surface area contributed by atoms with Crippen LogP contribution in [0.5, 0.6) is 11.5 Å². The SMILES string of the molecule is COc1ccc(C(OC[C@H]2O[C@@H](n3cc(C)c(=O)[nH]c3=O)C[C@@H]2OP2(=O)OCC3(CO2)O[C@H](n2cc(C)c(=O)[nH]c2=O)C[C@H]3O)(c2ccccc2)c2ccc(OC)cc2)cc1. The van der Waals surface area contributed by atoms with E-state index < -0.39 is 85.5 Å². The molecule has 5 heterocycles. The minimum atomic E-state index is -4.44. The third-order valence-corrected chi connectivity index (χ3v) is 12.8. The molecule has 0 radical (unpaired) electrons. The third kappa shape index (κ3) is 8.09. The van der Waals surface area contributed by atoms with Crippen LogP contribution in [0.1, 0.15) is 53.1 Å². The summed E-state index contributed by atoms with van der Waals surface area (Å²) in [5.74, 6) is 1.26. The van der Waals surface area contributed by atoms with Gasteiger partial charge in [0, 0.05) is 36.4 Å². The van der Waals surface area contributed by atoms with Crippen molar-refractivity contribution >= 4 is 7.82 Å². The molecule has 5 aromatic rings. The lowest BCUT2D eigenvalue weighted by molar-refractivity contribution is -0.169. The van der Waals surface area contributed by atoms with Crippen LogP contribution in [0.3, 0.4) is 0 Å². The number of nitrogens with zero attached hydrogens (tertiary/aromatic N) is 2. The zero-order chi connectivity index (χ0) is 43.1. The zero-order valence-corrected chi connectivity index (χ0v) is 34.6. The van der Waals surface area contributed by atoms with Gasteiger partial charge in [-0.05, 0) is 54.8 Å². The molecule has 322 valence electrons. The number of hydrogen-bond donors (Lipinski definition) is 3. The molecule has 0 bridgehead atoms. The Labute approximate surface area is 348 Å². The standard InChI is InChI=1S/C42H45N4O14P/c1-25-20-45(39(50)43-37(25)48)35-18-32(60-61(52)56-23-41(24-57-61)34(47)19-36(59-41)46-21-26(2)38(49)44-40(46)51)33(58-35)22-55-42(27-8-6-5-7-9-27,28-10-14-30(53-3)15-11-28)29-12-16-31(54-4)17-13-29/h5-17,20-21,32-36,47H,18-19,22-24H2,1-4H3,(H,43,48,50)(H,44,49,51)/t32-,33+,34+,35+,36-,41?,61?/m0/s1. The number of methoxy groups -OCH3 is 2. The van der Waals surface area contributed by atoms with Crippen LogP contribution in [-0.4, -0.2) is 82.2 Å². The molecule has 0 aliphatic carbocycles. The Balaban J connectivity index is 1.11. The maximum absolute atomic E-state index is 14.3. The third-order valence-electron chi connectivity index (χ3n) is 11.3. The number of hydrogen-bond acceptors (Lipinski definition) is 14. The van der Waals surface area contributed by atoms with Crippen LogP contribution in [-0.2, 0) is 37.9 Å². The van der Waals surface area contributed by atoms with Crippen molar-refractivity contribution in [1.29, 1.82) is 0 Å². The van der Waals surface area contributed by atoms with Gasteiger partial charge in [0.05, 0.1) is 40.1 Å². The second-order valence-electron chi connectivity index (χ2n) is 15.2. The Hall–Kier alpha value is -5.43. The Kier molecular flexibility index (Phi) is 11.6. The van der Waals surface area contributed by atoms with E-state index in [1.165, 1.54) is 23.9 Å². The molecular formula is C42H45N4O14P. The number of ether oxygens (including phenoxy) is 5. The Morgan fingerprint density at radius 1 is 0.754 bits per heavy atom. The van der Waals surface area contributed by atoms with Crippen LogP contribution in [0.15, 0.2) is 110 Å². The van der Waals surface area contributed by atoms with E-state index in [0.29, 0.717) is 11.5 Å². The molecule has 19 heteroatoms. The van der Waals surface area contributed by atoms with Crippen molar-refractivity contribution in [3.05, 3.63) is 161 Å². The normalized spacial score (nSPS) is 26.4. The highest BCUT2D eigenvalue weighted by atomic mass is 31.2. The van der Waals surface area contributed by atoms with Crippen molar-refractivity contribution in [2.45, 2.75) is 68.7 Å². The van der Waals surface area contributed by atoms with Gasteiger partial charge >= 0.3 is 19.2 Å². The first-order chi connectivity index (χ1) is 29.3. The van der Waals surface area contributed by atoms with Crippen molar-refractivity contribution in [2.75, 3.05) is 34.0 Å². The topological polar surface area (TPSA) is 221 Å². The van der Waals surface area contributed by atoms with Gasteiger partial charge in [-0.2, -0.15) is 0 Å². The molecule has 3 saturated heterocycles. The van der Waals surface area contributed by atoms with E-state index in [-0.39, 0.29) is 30.6 Å². The van der Waals surface area contributed by atoms with Crippen LogP contribution < -0.4 is 32.0 Å². The van der Waals surface area contributed by atoms with Gasteiger partial charge in [-0.25, -0.2) is 14.2 Å². The van der Waals surface area contributed by atoms with E-state index in [1.807, 2.05) is 78.9 Å². The number of phosphoric ester groups is 1. The first-order valence-corrected chi connectivity index (χ1v) is 20.9. The predicted molar refractivity (Wildman–Crippen MR) is 217 cm³/mol. The summed E-state index contributed by atoms with van der Waals surface area (Å²) in [6.07, 6.45) is -2.74. The van der Waals surface area contributed by atoms with Crippen LogP contribution in [0, 0.1) is 13.8 Å². The minimum Gasteiger partial charge on any atom is -0.497 e. The van der Waals surface area contributed by atoms with Gasteiger partial charge in [-0.1, -0.05) is 54.6 Å². The Morgan fingerprint density at radius 2 is 1.26 bits per heavy atom. The van der Waals surface area contributed by atoms with Gasteiger partial charge < -0.3 is 28.8 Å². The van der Waals surface area contributed by atoms with Crippen LogP contribution in [0.2, 0.25) is 0 Å². The largest absolute Gasteiger partial charge is 0.497 e. The van der Waals surface area contributed by atoms with Crippen LogP contribution in [0.25, 0.3) is 0 Å². The minimum absolute atomic E-state index is 0.0552. The molecule has 3 aromatic carbocycles. The number of H-pyrrole nitrogens is 2. The fourth-order valence-corrected chi connectivity index (χ4v) is 9.43. The lowest BCUT2D eigenvalue weighted by Crippen LogP contribution is -2.50. The summed E-state index contributed by atoms with van der Waals surface area (Å²) in [7, 11) is -1.29. The zero-order valence-electron chi connectivity index (χ0n) is 33.7. The number of aliphatic hydroxyl groups excluding tert-OH is 1. The second-order valence-corrected chi connectivity index (χ2v) is 16.8. The quantitative estimate of drug-likeness (QED) is 0.121. The van der Waals surface area contributed by atoms with E-state index in [2.05, 4.69) is 9.97 Å². The summed E-state index contributed by atoms with van der Waals surface area (Å²) >= 11 is 0. The Bertz CT molecular complexity index is 2600. The predicted octanol–water partition coefficient (Wildman–Crippen LogP) is 3.58. The molecule has 3 aliphatic rings. The lowest BCUT2D eigenvalue weighted by atomic mass is 9.80. The molecule has 1 spiro atoms. The molecule has 0 unspecified atom stereocenters. The summed E-state index contributed by atoms with van der Waals surface area (Å²) in [6, 6.07) is 24.4. The highest BCUT2D eigenvalue weighted by Crippen LogP contribution is 2.58. The molecule has 18 nitrogen and oxygen atoms in total. The van der Waals surface area contributed by atoms with Gasteiger partial charge in [0.15, 0.2) is 0 Å². The van der Waals surface area contributed by atoms with Gasteiger partial charge in [0.25, 0.3) is 11.1 Å². The first kappa shape index (κ1) is 42.3. The molecule has 8 rings (SSSR count). The monoisotopic (exact) mass is 860 g/mol. The number of aromatic amines is 2. The average molecular weight is 861 g/mol. The van der Waals surface area contributed by atoms with Gasteiger partial charge in [-0.15, -0.1) is 0 Å². The van der Waals surface area contributed by atoms with Crippen molar-refractivity contribution in [3.8, 4) is 11.5 Å². The van der Waals surface area contributed by atoms with Crippen molar-refractivity contribution in [3.63, 3.8) is 0 Å².